The lowest BCUT2D eigenvalue weighted by Crippen LogP contribution is -1.98. The van der Waals surface area contributed by atoms with Crippen molar-refractivity contribution in [2.24, 2.45) is 0 Å². The predicted octanol–water partition coefficient (Wildman–Crippen LogP) is 3.08. The van der Waals surface area contributed by atoms with E-state index in [1.54, 1.807) is 7.11 Å². The molecule has 0 aliphatic rings. The quantitative estimate of drug-likeness (QED) is 0.920. The Morgan fingerprint density at radius 1 is 1.50 bits per heavy atom. The Labute approximate surface area is 109 Å². The van der Waals surface area contributed by atoms with E-state index >= 15 is 0 Å². The molecule has 0 saturated carbocycles. The van der Waals surface area contributed by atoms with E-state index in [0.29, 0.717) is 11.4 Å². The zero-order chi connectivity index (χ0) is 13.1. The Morgan fingerprint density at radius 3 is 2.89 bits per heavy atom. The minimum Gasteiger partial charge on any atom is -0.496 e. The molecule has 0 unspecified atom stereocenters. The van der Waals surface area contributed by atoms with Crippen molar-refractivity contribution < 1.29 is 14.6 Å². The van der Waals surface area contributed by atoms with Crippen molar-refractivity contribution >= 4 is 17.3 Å². The number of hydrogen-bond donors (Lipinski definition) is 1. The highest BCUT2D eigenvalue weighted by molar-refractivity contribution is 7.12. The number of carbonyl (C=O) groups is 1. The number of rotatable bonds is 4. The van der Waals surface area contributed by atoms with Crippen LogP contribution in [0.3, 0.4) is 0 Å². The van der Waals surface area contributed by atoms with Gasteiger partial charge in [-0.2, -0.15) is 0 Å². The van der Waals surface area contributed by atoms with Crippen molar-refractivity contribution in [3.8, 4) is 17.0 Å². The average Bonchev–Trinajstić information content (AvgIpc) is 2.87. The molecule has 2 aromatic rings. The van der Waals surface area contributed by atoms with Gasteiger partial charge in [-0.05, 0) is 24.1 Å². The number of aromatic nitrogens is 1. The second kappa shape index (κ2) is 5.18. The Kier molecular flexibility index (Phi) is 3.62. The molecule has 0 aliphatic heterocycles. The molecule has 0 radical (unpaired) electrons. The average molecular weight is 263 g/mol. The van der Waals surface area contributed by atoms with E-state index < -0.39 is 5.97 Å². The number of nitrogens with zero attached hydrogens (tertiary/aromatic N) is 1. The van der Waals surface area contributed by atoms with Gasteiger partial charge in [0.15, 0.2) is 0 Å². The first-order valence-electron chi connectivity index (χ1n) is 5.51. The first-order chi connectivity index (χ1) is 8.67. The summed E-state index contributed by atoms with van der Waals surface area (Å²) in [5.41, 5.74) is 3.86. The Balaban J connectivity index is 2.61. The van der Waals surface area contributed by atoms with Gasteiger partial charge in [0.1, 0.15) is 10.6 Å². The predicted molar refractivity (Wildman–Crippen MR) is 70.4 cm³/mol. The van der Waals surface area contributed by atoms with Crippen molar-refractivity contribution in [1.29, 1.82) is 0 Å². The monoisotopic (exact) mass is 263 g/mol. The Bertz CT molecular complexity index is 577. The molecular formula is C13H13NO3S. The molecule has 0 amide bonds. The number of thiazole rings is 1. The molecule has 1 aromatic heterocycles. The minimum atomic E-state index is -0.962. The number of ether oxygens (including phenoxy) is 1. The molecule has 0 saturated heterocycles. The van der Waals surface area contributed by atoms with Gasteiger partial charge >= 0.3 is 5.97 Å². The van der Waals surface area contributed by atoms with Gasteiger partial charge in [0.25, 0.3) is 0 Å². The highest BCUT2D eigenvalue weighted by Crippen LogP contribution is 2.33. The van der Waals surface area contributed by atoms with Crippen LogP contribution in [0.4, 0.5) is 0 Å². The van der Waals surface area contributed by atoms with Gasteiger partial charge in [-0.1, -0.05) is 13.0 Å². The van der Waals surface area contributed by atoms with Crippen LogP contribution in [0.25, 0.3) is 11.3 Å². The molecule has 18 heavy (non-hydrogen) atoms. The zero-order valence-electron chi connectivity index (χ0n) is 10.1. The number of benzene rings is 1. The Morgan fingerprint density at radius 2 is 2.28 bits per heavy atom. The topological polar surface area (TPSA) is 59.4 Å². The number of aromatic carboxylic acids is 1. The fraction of sp³-hybridized carbons (Fsp3) is 0.231. The van der Waals surface area contributed by atoms with Crippen LogP contribution in [0.1, 0.15) is 22.2 Å². The van der Waals surface area contributed by atoms with Gasteiger partial charge in [0.2, 0.25) is 0 Å². The zero-order valence-corrected chi connectivity index (χ0v) is 11.0. The number of carboxylic acids is 1. The van der Waals surface area contributed by atoms with E-state index in [-0.39, 0.29) is 4.88 Å². The lowest BCUT2D eigenvalue weighted by Gasteiger charge is -2.09. The molecule has 1 heterocycles. The van der Waals surface area contributed by atoms with Crippen LogP contribution in [-0.2, 0) is 6.42 Å². The summed E-state index contributed by atoms with van der Waals surface area (Å²) < 4.78 is 5.28. The summed E-state index contributed by atoms with van der Waals surface area (Å²) in [5, 5.41) is 9.14. The van der Waals surface area contributed by atoms with Gasteiger partial charge in [-0.15, -0.1) is 11.3 Å². The van der Waals surface area contributed by atoms with Crippen molar-refractivity contribution in [3.05, 3.63) is 34.2 Å². The molecule has 5 heteroatoms. The lowest BCUT2D eigenvalue weighted by atomic mass is 10.0. The van der Waals surface area contributed by atoms with Crippen molar-refractivity contribution in [2.45, 2.75) is 13.3 Å². The Hall–Kier alpha value is -1.88. The van der Waals surface area contributed by atoms with E-state index in [9.17, 15) is 4.79 Å². The maximum atomic E-state index is 11.1. The van der Waals surface area contributed by atoms with Crippen LogP contribution in [0, 0.1) is 0 Å². The van der Waals surface area contributed by atoms with Crippen LogP contribution in [-0.4, -0.2) is 23.2 Å². The summed E-state index contributed by atoms with van der Waals surface area (Å²) in [6.07, 6.45) is 0.879. The molecule has 1 aromatic carbocycles. The number of hydrogen-bond acceptors (Lipinski definition) is 4. The van der Waals surface area contributed by atoms with Crippen molar-refractivity contribution in [3.63, 3.8) is 0 Å². The standard InChI is InChI=1S/C13H13NO3S/c1-3-8-4-5-10(17-2)9(6-8)11-12(13(15)16)18-7-14-11/h4-7H,3H2,1-2H3,(H,15,16). The second-order valence-corrected chi connectivity index (χ2v) is 4.58. The largest absolute Gasteiger partial charge is 0.496 e. The van der Waals surface area contributed by atoms with Crippen molar-refractivity contribution in [2.75, 3.05) is 7.11 Å². The summed E-state index contributed by atoms with van der Waals surface area (Å²) >= 11 is 1.12. The smallest absolute Gasteiger partial charge is 0.348 e. The van der Waals surface area contributed by atoms with Gasteiger partial charge < -0.3 is 9.84 Å². The molecule has 0 bridgehead atoms. The van der Waals surface area contributed by atoms with E-state index in [4.69, 9.17) is 9.84 Å². The van der Waals surface area contributed by atoms with Crippen molar-refractivity contribution in [1.82, 2.24) is 4.98 Å². The second-order valence-electron chi connectivity index (χ2n) is 3.72. The van der Waals surface area contributed by atoms with Crippen LogP contribution in [0.15, 0.2) is 23.7 Å². The summed E-state index contributed by atoms with van der Waals surface area (Å²) in [6, 6.07) is 5.74. The molecule has 1 N–H and O–H groups in total. The molecule has 0 atom stereocenters. The van der Waals surface area contributed by atoms with E-state index in [2.05, 4.69) is 4.98 Å². The maximum Gasteiger partial charge on any atom is 0.348 e. The SMILES string of the molecule is CCc1ccc(OC)c(-c2ncsc2C(=O)O)c1. The third kappa shape index (κ3) is 2.22. The van der Waals surface area contributed by atoms with Crippen LogP contribution in [0.2, 0.25) is 0 Å². The van der Waals surface area contributed by atoms with E-state index in [1.807, 2.05) is 25.1 Å². The highest BCUT2D eigenvalue weighted by Gasteiger charge is 2.18. The molecule has 2 rings (SSSR count). The van der Waals surface area contributed by atoms with Gasteiger partial charge in [-0.25, -0.2) is 9.78 Å². The summed E-state index contributed by atoms with van der Waals surface area (Å²) in [5.74, 6) is -0.322. The van der Waals surface area contributed by atoms with E-state index in [0.717, 1.165) is 28.9 Å². The van der Waals surface area contributed by atoms with Crippen LogP contribution < -0.4 is 4.74 Å². The third-order valence-electron chi connectivity index (χ3n) is 2.69. The van der Waals surface area contributed by atoms with Gasteiger partial charge in [-0.3, -0.25) is 0 Å². The minimum absolute atomic E-state index is 0.238. The fourth-order valence-corrected chi connectivity index (χ4v) is 2.39. The first kappa shape index (κ1) is 12.6. The number of carboxylic acid groups (broad SMARTS) is 1. The lowest BCUT2D eigenvalue weighted by molar-refractivity contribution is 0.0702. The van der Waals surface area contributed by atoms with Gasteiger partial charge in [0, 0.05) is 5.56 Å². The molecule has 94 valence electrons. The summed E-state index contributed by atoms with van der Waals surface area (Å²) in [4.78, 5) is 15.5. The third-order valence-corrected chi connectivity index (χ3v) is 3.50. The molecular weight excluding hydrogens is 250 g/mol. The molecule has 0 spiro atoms. The molecule has 0 fully saturated rings. The first-order valence-corrected chi connectivity index (χ1v) is 6.39. The normalized spacial score (nSPS) is 10.3. The summed E-state index contributed by atoms with van der Waals surface area (Å²) in [6.45, 7) is 2.05. The number of aryl methyl sites for hydroxylation is 1. The fourth-order valence-electron chi connectivity index (χ4n) is 1.75. The highest BCUT2D eigenvalue weighted by atomic mass is 32.1. The molecule has 4 nitrogen and oxygen atoms in total. The van der Waals surface area contributed by atoms with Crippen LogP contribution in [0.5, 0.6) is 5.75 Å². The number of methoxy groups -OCH3 is 1. The van der Waals surface area contributed by atoms with Gasteiger partial charge in [0.05, 0.1) is 18.3 Å². The summed E-state index contributed by atoms with van der Waals surface area (Å²) in [7, 11) is 1.57. The van der Waals surface area contributed by atoms with Crippen LogP contribution >= 0.6 is 11.3 Å². The maximum absolute atomic E-state index is 11.1. The van der Waals surface area contributed by atoms with E-state index in [1.165, 1.54) is 5.51 Å². The molecule has 0 aliphatic carbocycles.